The molecule has 1 saturated heterocycles. The number of fused-ring (bicyclic) bond motifs is 1. The van der Waals surface area contributed by atoms with Crippen molar-refractivity contribution in [3.63, 3.8) is 0 Å². The summed E-state index contributed by atoms with van der Waals surface area (Å²) in [7, 11) is -3.18. The van der Waals surface area contributed by atoms with Crippen LogP contribution in [0.15, 0.2) is 35.3 Å². The van der Waals surface area contributed by atoms with Gasteiger partial charge in [0.15, 0.2) is 0 Å². The lowest BCUT2D eigenvalue weighted by Crippen LogP contribution is -2.44. The molecule has 7 nitrogen and oxygen atoms in total. The molecule has 8 heteroatoms. The minimum Gasteiger partial charge on any atom is -0.356 e. The molecule has 0 amide bonds. The van der Waals surface area contributed by atoms with E-state index < -0.39 is 10.0 Å². The summed E-state index contributed by atoms with van der Waals surface area (Å²) in [6.07, 6.45) is 4.26. The highest BCUT2D eigenvalue weighted by Crippen LogP contribution is 2.17. The average molecular weight is 322 g/mol. The average Bonchev–Trinajstić information content (AvgIpc) is 2.46. The van der Waals surface area contributed by atoms with Gasteiger partial charge in [0.2, 0.25) is 10.0 Å². The Kier molecular flexibility index (Phi) is 3.88. The minimum absolute atomic E-state index is 0.0483. The van der Waals surface area contributed by atoms with E-state index in [4.69, 9.17) is 0 Å². The molecule has 1 fully saturated rings. The van der Waals surface area contributed by atoms with E-state index in [1.807, 2.05) is 11.0 Å². The number of rotatable bonds is 3. The van der Waals surface area contributed by atoms with Gasteiger partial charge in [-0.2, -0.15) is 0 Å². The van der Waals surface area contributed by atoms with Gasteiger partial charge >= 0.3 is 0 Å². The van der Waals surface area contributed by atoms with Crippen molar-refractivity contribution in [2.45, 2.75) is 18.9 Å². The van der Waals surface area contributed by atoms with Crippen LogP contribution in [0.1, 0.15) is 12.8 Å². The summed E-state index contributed by atoms with van der Waals surface area (Å²) in [4.78, 5) is 18.6. The number of sulfonamides is 1. The topological polar surface area (TPSA) is 83.8 Å². The third-order valence-electron chi connectivity index (χ3n) is 3.76. The maximum absolute atomic E-state index is 12.1. The van der Waals surface area contributed by atoms with Crippen molar-refractivity contribution < 1.29 is 8.42 Å². The second-order valence-corrected chi connectivity index (χ2v) is 7.31. The van der Waals surface area contributed by atoms with E-state index in [9.17, 15) is 13.2 Å². The van der Waals surface area contributed by atoms with E-state index >= 15 is 0 Å². The van der Waals surface area contributed by atoms with Gasteiger partial charge in [-0.15, -0.1) is 0 Å². The van der Waals surface area contributed by atoms with E-state index in [2.05, 4.69) is 9.71 Å². The molecule has 0 unspecified atom stereocenters. The molecule has 22 heavy (non-hydrogen) atoms. The van der Waals surface area contributed by atoms with Gasteiger partial charge in [-0.3, -0.25) is 9.20 Å². The molecule has 1 aliphatic rings. The van der Waals surface area contributed by atoms with Gasteiger partial charge in [-0.05, 0) is 25.0 Å². The first-order chi connectivity index (χ1) is 10.4. The van der Waals surface area contributed by atoms with Crippen molar-refractivity contribution in [1.82, 2.24) is 14.1 Å². The first-order valence-corrected chi connectivity index (χ1v) is 9.02. The number of aromatic nitrogens is 2. The fourth-order valence-electron chi connectivity index (χ4n) is 2.73. The molecule has 3 heterocycles. The molecule has 0 atom stereocenters. The van der Waals surface area contributed by atoms with Gasteiger partial charge < -0.3 is 4.90 Å². The maximum Gasteiger partial charge on any atom is 0.259 e. The highest BCUT2D eigenvalue weighted by atomic mass is 32.2. The number of nitrogens with one attached hydrogen (secondary N) is 1. The molecule has 0 aromatic carbocycles. The number of anilines is 1. The second-order valence-electron chi connectivity index (χ2n) is 5.53. The minimum atomic E-state index is -3.18. The largest absolute Gasteiger partial charge is 0.356 e. The van der Waals surface area contributed by atoms with Crippen LogP contribution in [0.25, 0.3) is 5.65 Å². The SMILES string of the molecule is CS(=O)(=O)NC1CCN(c2cc(=O)n3ccccc3n2)CC1. The molecule has 1 aliphatic heterocycles. The summed E-state index contributed by atoms with van der Waals surface area (Å²) in [6, 6.07) is 6.90. The highest BCUT2D eigenvalue weighted by Gasteiger charge is 2.22. The number of hydrogen-bond donors (Lipinski definition) is 1. The third kappa shape index (κ3) is 3.28. The lowest BCUT2D eigenvalue weighted by Gasteiger charge is -2.32. The van der Waals surface area contributed by atoms with Crippen LogP contribution in [0.5, 0.6) is 0 Å². The lowest BCUT2D eigenvalue weighted by atomic mass is 10.1. The number of piperidine rings is 1. The van der Waals surface area contributed by atoms with Gasteiger partial charge in [0.25, 0.3) is 5.56 Å². The van der Waals surface area contributed by atoms with Gasteiger partial charge in [-0.25, -0.2) is 18.1 Å². The monoisotopic (exact) mass is 322 g/mol. The van der Waals surface area contributed by atoms with E-state index in [-0.39, 0.29) is 11.6 Å². The number of pyridine rings is 1. The molecule has 118 valence electrons. The van der Waals surface area contributed by atoms with E-state index in [0.29, 0.717) is 37.4 Å². The van der Waals surface area contributed by atoms with Crippen LogP contribution in [0.2, 0.25) is 0 Å². The van der Waals surface area contributed by atoms with Crippen LogP contribution < -0.4 is 15.2 Å². The first-order valence-electron chi connectivity index (χ1n) is 7.13. The van der Waals surface area contributed by atoms with Crippen molar-refractivity contribution in [2.24, 2.45) is 0 Å². The third-order valence-corrected chi connectivity index (χ3v) is 4.52. The predicted molar refractivity (Wildman–Crippen MR) is 84.7 cm³/mol. The molecule has 0 spiro atoms. The molecular weight excluding hydrogens is 304 g/mol. The van der Waals surface area contributed by atoms with Crippen LogP contribution in [0, 0.1) is 0 Å². The van der Waals surface area contributed by atoms with Crippen molar-refractivity contribution >= 4 is 21.5 Å². The Morgan fingerprint density at radius 1 is 1.27 bits per heavy atom. The molecule has 1 N–H and O–H groups in total. The lowest BCUT2D eigenvalue weighted by molar-refractivity contribution is 0.460. The Labute approximate surface area is 128 Å². The maximum atomic E-state index is 12.1. The van der Waals surface area contributed by atoms with Crippen molar-refractivity contribution in [3.05, 3.63) is 40.8 Å². The molecule has 0 radical (unpaired) electrons. The molecule has 2 aromatic heterocycles. The van der Waals surface area contributed by atoms with E-state index in [0.717, 1.165) is 0 Å². The van der Waals surface area contributed by atoms with Gasteiger partial charge in [0.1, 0.15) is 11.5 Å². The summed E-state index contributed by atoms with van der Waals surface area (Å²) >= 11 is 0. The number of hydrogen-bond acceptors (Lipinski definition) is 5. The summed E-state index contributed by atoms with van der Waals surface area (Å²) in [5.74, 6) is 0.647. The van der Waals surface area contributed by atoms with Crippen molar-refractivity contribution in [3.8, 4) is 0 Å². The Bertz CT molecular complexity index is 839. The predicted octanol–water partition coefficient (Wildman–Crippen LogP) is 0.213. The van der Waals surface area contributed by atoms with Crippen LogP contribution >= 0.6 is 0 Å². The van der Waals surface area contributed by atoms with E-state index in [1.165, 1.54) is 16.7 Å². The normalized spacial score (nSPS) is 17.0. The van der Waals surface area contributed by atoms with Gasteiger partial charge in [-0.1, -0.05) is 6.07 Å². The standard InChI is InChI=1S/C14H18N4O3S/c1-22(20,21)16-11-5-8-17(9-6-11)13-10-14(19)18-7-3-2-4-12(18)15-13/h2-4,7,10-11,16H,5-6,8-9H2,1H3. The van der Waals surface area contributed by atoms with Crippen LogP contribution in [-0.2, 0) is 10.0 Å². The number of nitrogens with zero attached hydrogens (tertiary/aromatic N) is 3. The Morgan fingerprint density at radius 3 is 2.68 bits per heavy atom. The van der Waals surface area contributed by atoms with Crippen LogP contribution in [0.3, 0.4) is 0 Å². The zero-order valence-electron chi connectivity index (χ0n) is 12.3. The summed E-state index contributed by atoms with van der Waals surface area (Å²) in [6.45, 7) is 1.34. The Balaban J connectivity index is 1.78. The molecule has 0 bridgehead atoms. The Hall–Kier alpha value is -1.93. The molecule has 0 aliphatic carbocycles. The summed E-state index contributed by atoms with van der Waals surface area (Å²) in [5.41, 5.74) is 0.498. The first kappa shape index (κ1) is 15.0. The van der Waals surface area contributed by atoms with Gasteiger partial charge in [0.05, 0.1) is 6.26 Å². The Morgan fingerprint density at radius 2 is 2.00 bits per heavy atom. The zero-order chi connectivity index (χ0) is 15.7. The summed E-state index contributed by atoms with van der Waals surface area (Å²) < 4.78 is 26.7. The zero-order valence-corrected chi connectivity index (χ0v) is 13.1. The van der Waals surface area contributed by atoms with Crippen LogP contribution in [-0.4, -0.2) is 43.2 Å². The highest BCUT2D eigenvalue weighted by molar-refractivity contribution is 7.88. The van der Waals surface area contributed by atoms with E-state index in [1.54, 1.807) is 18.3 Å². The quantitative estimate of drug-likeness (QED) is 0.873. The fourth-order valence-corrected chi connectivity index (χ4v) is 3.57. The molecular formula is C14H18N4O3S. The second kappa shape index (κ2) is 5.69. The molecule has 2 aromatic rings. The fraction of sp³-hybridized carbons (Fsp3) is 0.429. The smallest absolute Gasteiger partial charge is 0.259 e. The van der Waals surface area contributed by atoms with Crippen molar-refractivity contribution in [1.29, 1.82) is 0 Å². The molecule has 0 saturated carbocycles. The summed E-state index contributed by atoms with van der Waals surface area (Å²) in [5, 5.41) is 0. The van der Waals surface area contributed by atoms with Gasteiger partial charge in [0, 0.05) is 31.4 Å². The van der Waals surface area contributed by atoms with Crippen LogP contribution in [0.4, 0.5) is 5.82 Å². The molecule has 3 rings (SSSR count). The van der Waals surface area contributed by atoms with Crippen molar-refractivity contribution in [2.75, 3.05) is 24.2 Å².